The van der Waals surface area contributed by atoms with Crippen molar-refractivity contribution in [2.75, 3.05) is 19.6 Å². The molecule has 2 saturated heterocycles. The van der Waals surface area contributed by atoms with Crippen LogP contribution in [0.1, 0.15) is 32.1 Å². The molecule has 2 N–H and O–H groups in total. The number of hydrogen-bond donors (Lipinski definition) is 1. The van der Waals surface area contributed by atoms with Gasteiger partial charge < -0.3 is 10.6 Å². The molecule has 0 unspecified atom stereocenters. The second-order valence-electron chi connectivity index (χ2n) is 4.31. The van der Waals surface area contributed by atoms with Gasteiger partial charge in [-0.25, -0.2) is 0 Å². The van der Waals surface area contributed by atoms with E-state index in [-0.39, 0.29) is 0 Å². The van der Waals surface area contributed by atoms with Crippen molar-refractivity contribution in [1.29, 1.82) is 0 Å². The van der Waals surface area contributed by atoms with Crippen LogP contribution in [0.25, 0.3) is 0 Å². The normalized spacial score (nSPS) is 35.8. The highest BCUT2D eigenvalue weighted by Gasteiger charge is 2.32. The van der Waals surface area contributed by atoms with Crippen LogP contribution in [-0.4, -0.2) is 30.6 Å². The fourth-order valence-electron chi connectivity index (χ4n) is 2.74. The van der Waals surface area contributed by atoms with Gasteiger partial charge in [-0.2, -0.15) is 0 Å². The molecule has 1 aliphatic carbocycles. The molecule has 0 aromatic heterocycles. The molecule has 70 valence electrons. The van der Waals surface area contributed by atoms with E-state index in [0.29, 0.717) is 0 Å². The first-order valence-corrected chi connectivity index (χ1v) is 5.34. The lowest BCUT2D eigenvalue weighted by molar-refractivity contribution is 0.0488. The SMILES string of the molecule is NCCCN1CC2CCC1CC2. The highest BCUT2D eigenvalue weighted by atomic mass is 15.2. The Morgan fingerprint density at radius 1 is 1.17 bits per heavy atom. The topological polar surface area (TPSA) is 29.3 Å². The molecule has 0 aromatic rings. The van der Waals surface area contributed by atoms with Gasteiger partial charge in [0.2, 0.25) is 0 Å². The molecule has 2 nitrogen and oxygen atoms in total. The Morgan fingerprint density at radius 2 is 1.92 bits per heavy atom. The van der Waals surface area contributed by atoms with Gasteiger partial charge in [-0.3, -0.25) is 0 Å². The third kappa shape index (κ3) is 1.64. The molecule has 3 aliphatic rings. The Labute approximate surface area is 75.1 Å². The number of nitrogens with two attached hydrogens (primary N) is 1. The van der Waals surface area contributed by atoms with Crippen molar-refractivity contribution in [3.63, 3.8) is 0 Å². The predicted octanol–water partition coefficient (Wildman–Crippen LogP) is 1.21. The lowest BCUT2D eigenvalue weighted by Gasteiger charge is -2.45. The predicted molar refractivity (Wildman–Crippen MR) is 51.0 cm³/mol. The first-order valence-electron chi connectivity index (χ1n) is 5.34. The summed E-state index contributed by atoms with van der Waals surface area (Å²) in [5.74, 6) is 1.02. The van der Waals surface area contributed by atoms with Crippen LogP contribution >= 0.6 is 0 Å². The number of hydrogen-bond acceptors (Lipinski definition) is 2. The van der Waals surface area contributed by atoms with Crippen LogP contribution in [0.4, 0.5) is 0 Å². The average Bonchev–Trinajstić information content (AvgIpc) is 2.17. The first kappa shape index (κ1) is 8.52. The van der Waals surface area contributed by atoms with E-state index in [4.69, 9.17) is 5.73 Å². The molecular formula is C10H20N2. The summed E-state index contributed by atoms with van der Waals surface area (Å²) in [4.78, 5) is 2.67. The number of piperidine rings is 2. The van der Waals surface area contributed by atoms with Gasteiger partial charge in [0.15, 0.2) is 0 Å². The zero-order chi connectivity index (χ0) is 8.39. The lowest BCUT2D eigenvalue weighted by atomic mass is 9.80. The Balaban J connectivity index is 1.82. The van der Waals surface area contributed by atoms with Crippen LogP contribution in [0, 0.1) is 5.92 Å². The summed E-state index contributed by atoms with van der Waals surface area (Å²) < 4.78 is 0. The smallest absolute Gasteiger partial charge is 0.00956 e. The summed E-state index contributed by atoms with van der Waals surface area (Å²) in [6.45, 7) is 3.47. The van der Waals surface area contributed by atoms with E-state index >= 15 is 0 Å². The van der Waals surface area contributed by atoms with Crippen LogP contribution in [0.15, 0.2) is 0 Å². The molecule has 3 fully saturated rings. The van der Waals surface area contributed by atoms with Gasteiger partial charge in [-0.05, 0) is 51.1 Å². The standard InChI is InChI=1S/C10H20N2/c11-6-1-7-12-8-9-2-4-10(12)5-3-9/h9-10H,1-8,11H2. The van der Waals surface area contributed by atoms with Crippen LogP contribution in [0.2, 0.25) is 0 Å². The van der Waals surface area contributed by atoms with E-state index in [1.165, 1.54) is 45.2 Å². The van der Waals surface area contributed by atoms with E-state index in [1.807, 2.05) is 0 Å². The summed E-state index contributed by atoms with van der Waals surface area (Å²) in [5.41, 5.74) is 5.52. The van der Waals surface area contributed by atoms with Crippen LogP contribution in [0.3, 0.4) is 0 Å². The van der Waals surface area contributed by atoms with Crippen molar-refractivity contribution in [3.8, 4) is 0 Å². The number of fused-ring (bicyclic) bond motifs is 3. The van der Waals surface area contributed by atoms with Crippen LogP contribution in [-0.2, 0) is 0 Å². The van der Waals surface area contributed by atoms with Crippen molar-refractivity contribution < 1.29 is 0 Å². The maximum atomic E-state index is 5.52. The van der Waals surface area contributed by atoms with Crippen molar-refractivity contribution in [2.45, 2.75) is 38.1 Å². The quantitative estimate of drug-likeness (QED) is 0.686. The summed E-state index contributed by atoms with van der Waals surface area (Å²) in [6, 6.07) is 0.918. The highest BCUT2D eigenvalue weighted by Crippen LogP contribution is 2.34. The molecule has 3 rings (SSSR count). The minimum absolute atomic E-state index is 0.855. The Morgan fingerprint density at radius 3 is 2.42 bits per heavy atom. The van der Waals surface area contributed by atoms with Crippen LogP contribution < -0.4 is 5.73 Å². The van der Waals surface area contributed by atoms with Gasteiger partial charge in [0, 0.05) is 12.6 Å². The molecule has 12 heavy (non-hydrogen) atoms. The van der Waals surface area contributed by atoms with E-state index < -0.39 is 0 Å². The maximum Gasteiger partial charge on any atom is 0.00956 e. The molecule has 1 saturated carbocycles. The Bertz CT molecular complexity index is 139. The fraction of sp³-hybridized carbons (Fsp3) is 1.00. The summed E-state index contributed by atoms with van der Waals surface area (Å²) in [5, 5.41) is 0. The summed E-state index contributed by atoms with van der Waals surface area (Å²) in [6.07, 6.45) is 7.07. The molecular weight excluding hydrogens is 148 g/mol. The summed E-state index contributed by atoms with van der Waals surface area (Å²) in [7, 11) is 0. The molecule has 2 heteroatoms. The minimum atomic E-state index is 0.855. The van der Waals surface area contributed by atoms with Gasteiger partial charge in [-0.15, -0.1) is 0 Å². The first-order chi connectivity index (χ1) is 5.90. The van der Waals surface area contributed by atoms with Crippen molar-refractivity contribution in [3.05, 3.63) is 0 Å². The third-order valence-electron chi connectivity index (χ3n) is 3.47. The molecule has 2 aliphatic heterocycles. The zero-order valence-electron chi connectivity index (χ0n) is 7.84. The second-order valence-corrected chi connectivity index (χ2v) is 4.31. The third-order valence-corrected chi connectivity index (χ3v) is 3.47. The van der Waals surface area contributed by atoms with E-state index in [1.54, 1.807) is 0 Å². The maximum absolute atomic E-state index is 5.52. The lowest BCUT2D eigenvalue weighted by Crippen LogP contribution is -2.48. The van der Waals surface area contributed by atoms with Crippen LogP contribution in [0.5, 0.6) is 0 Å². The molecule has 0 spiro atoms. The van der Waals surface area contributed by atoms with Crippen molar-refractivity contribution in [1.82, 2.24) is 4.90 Å². The fourth-order valence-corrected chi connectivity index (χ4v) is 2.74. The van der Waals surface area contributed by atoms with Crippen molar-refractivity contribution >= 4 is 0 Å². The number of rotatable bonds is 3. The summed E-state index contributed by atoms with van der Waals surface area (Å²) >= 11 is 0. The molecule has 0 atom stereocenters. The Hall–Kier alpha value is -0.0800. The van der Waals surface area contributed by atoms with Gasteiger partial charge in [0.25, 0.3) is 0 Å². The molecule has 0 radical (unpaired) electrons. The minimum Gasteiger partial charge on any atom is -0.330 e. The van der Waals surface area contributed by atoms with Gasteiger partial charge in [0.05, 0.1) is 0 Å². The van der Waals surface area contributed by atoms with Crippen molar-refractivity contribution in [2.24, 2.45) is 11.7 Å². The van der Waals surface area contributed by atoms with E-state index in [2.05, 4.69) is 4.90 Å². The molecule has 0 amide bonds. The second kappa shape index (κ2) is 3.75. The zero-order valence-corrected chi connectivity index (χ0v) is 7.84. The highest BCUT2D eigenvalue weighted by molar-refractivity contribution is 4.87. The molecule has 0 aromatic carbocycles. The van der Waals surface area contributed by atoms with Gasteiger partial charge in [0.1, 0.15) is 0 Å². The molecule has 2 bridgehead atoms. The number of nitrogens with zero attached hydrogens (tertiary/aromatic N) is 1. The van der Waals surface area contributed by atoms with Gasteiger partial charge >= 0.3 is 0 Å². The largest absolute Gasteiger partial charge is 0.330 e. The van der Waals surface area contributed by atoms with E-state index in [9.17, 15) is 0 Å². The van der Waals surface area contributed by atoms with E-state index in [0.717, 1.165) is 18.5 Å². The Kier molecular flexibility index (Phi) is 2.66. The molecule has 2 heterocycles. The monoisotopic (exact) mass is 168 g/mol. The average molecular weight is 168 g/mol. The van der Waals surface area contributed by atoms with Gasteiger partial charge in [-0.1, -0.05) is 0 Å².